The van der Waals surface area contributed by atoms with Crippen LogP contribution in [0.25, 0.3) is 0 Å². The third-order valence-electron chi connectivity index (χ3n) is 2.83. The van der Waals surface area contributed by atoms with Crippen molar-refractivity contribution in [3.63, 3.8) is 0 Å². The van der Waals surface area contributed by atoms with E-state index in [1.165, 1.54) is 0 Å². The lowest BCUT2D eigenvalue weighted by atomic mass is 9.93. The van der Waals surface area contributed by atoms with Crippen molar-refractivity contribution in [2.45, 2.75) is 18.8 Å². The van der Waals surface area contributed by atoms with Crippen LogP contribution < -0.4 is 11.1 Å². The van der Waals surface area contributed by atoms with Crippen LogP contribution in [-0.2, 0) is 0 Å². The van der Waals surface area contributed by atoms with Crippen molar-refractivity contribution in [2.24, 2.45) is 5.73 Å². The lowest BCUT2D eigenvalue weighted by molar-refractivity contribution is -0.386. The summed E-state index contributed by atoms with van der Waals surface area (Å²) in [4.78, 5) is 21.3. The first-order valence-corrected chi connectivity index (χ1v) is 5.25. The van der Waals surface area contributed by atoms with E-state index in [0.717, 1.165) is 25.9 Å². The Labute approximate surface area is 96.3 Å². The Balaban J connectivity index is 2.39. The van der Waals surface area contributed by atoms with Crippen molar-refractivity contribution in [2.75, 3.05) is 13.1 Å². The highest BCUT2D eigenvalue weighted by Gasteiger charge is 2.35. The Morgan fingerprint density at radius 3 is 2.71 bits per heavy atom. The molecule has 17 heavy (non-hydrogen) atoms. The number of primary amides is 1. The standard InChI is InChI=1S/C9H12N4O4/c10-9(14)8-7(13(15)16)6(12-17-8)5-1-3-11-4-2-5/h5,11H,1-4H2,(H2,10,14). The Kier molecular flexibility index (Phi) is 3.05. The molecule has 92 valence electrons. The molecule has 0 unspecified atom stereocenters. The second kappa shape index (κ2) is 4.50. The van der Waals surface area contributed by atoms with E-state index in [4.69, 9.17) is 5.73 Å². The van der Waals surface area contributed by atoms with Crippen LogP contribution in [0.3, 0.4) is 0 Å². The third kappa shape index (κ3) is 2.11. The summed E-state index contributed by atoms with van der Waals surface area (Å²) in [6.45, 7) is 1.53. The van der Waals surface area contributed by atoms with E-state index in [-0.39, 0.29) is 17.3 Å². The van der Waals surface area contributed by atoms with Gasteiger partial charge in [-0.2, -0.15) is 0 Å². The number of nitrogens with two attached hydrogens (primary N) is 1. The van der Waals surface area contributed by atoms with Gasteiger partial charge in [-0.1, -0.05) is 5.16 Å². The minimum atomic E-state index is -0.968. The molecule has 2 heterocycles. The first-order valence-electron chi connectivity index (χ1n) is 5.25. The summed E-state index contributed by atoms with van der Waals surface area (Å²) in [5.41, 5.74) is 4.85. The molecule has 1 saturated heterocycles. The van der Waals surface area contributed by atoms with Crippen LogP contribution in [0.5, 0.6) is 0 Å². The van der Waals surface area contributed by atoms with Crippen LogP contribution in [-0.4, -0.2) is 29.1 Å². The van der Waals surface area contributed by atoms with Gasteiger partial charge in [0.25, 0.3) is 5.91 Å². The van der Waals surface area contributed by atoms with E-state index in [0.29, 0.717) is 0 Å². The molecule has 0 saturated carbocycles. The topological polar surface area (TPSA) is 124 Å². The molecule has 1 aliphatic rings. The Morgan fingerprint density at radius 1 is 1.53 bits per heavy atom. The van der Waals surface area contributed by atoms with Gasteiger partial charge in [0.05, 0.1) is 4.92 Å². The summed E-state index contributed by atoms with van der Waals surface area (Å²) in [5, 5.41) is 17.7. The van der Waals surface area contributed by atoms with Crippen LogP contribution in [0.1, 0.15) is 35.0 Å². The molecule has 0 atom stereocenters. The Morgan fingerprint density at radius 2 is 2.18 bits per heavy atom. The SMILES string of the molecule is NC(=O)c1onc(C2CCNCC2)c1[N+](=O)[O-]. The molecule has 1 aromatic rings. The number of carbonyl (C=O) groups is 1. The fraction of sp³-hybridized carbons (Fsp3) is 0.556. The quantitative estimate of drug-likeness (QED) is 0.572. The molecule has 3 N–H and O–H groups in total. The predicted molar refractivity (Wildman–Crippen MR) is 56.5 cm³/mol. The Bertz CT molecular complexity index is 450. The van der Waals surface area contributed by atoms with E-state index in [1.807, 2.05) is 0 Å². The first-order chi connectivity index (χ1) is 8.11. The van der Waals surface area contributed by atoms with E-state index in [2.05, 4.69) is 15.0 Å². The van der Waals surface area contributed by atoms with Crippen molar-refractivity contribution in [1.29, 1.82) is 0 Å². The van der Waals surface area contributed by atoms with Crippen molar-refractivity contribution in [3.8, 4) is 0 Å². The summed E-state index contributed by atoms with van der Waals surface area (Å²) in [6.07, 6.45) is 1.46. The molecule has 2 rings (SSSR count). The number of carbonyl (C=O) groups excluding carboxylic acids is 1. The van der Waals surface area contributed by atoms with Crippen molar-refractivity contribution in [3.05, 3.63) is 21.6 Å². The van der Waals surface area contributed by atoms with Gasteiger partial charge in [0.15, 0.2) is 5.69 Å². The second-order valence-electron chi connectivity index (χ2n) is 3.89. The summed E-state index contributed by atoms with van der Waals surface area (Å²) >= 11 is 0. The fourth-order valence-corrected chi connectivity index (χ4v) is 2.00. The molecule has 1 aromatic heterocycles. The summed E-state index contributed by atoms with van der Waals surface area (Å²) in [6, 6.07) is 0. The van der Waals surface area contributed by atoms with E-state index in [9.17, 15) is 14.9 Å². The van der Waals surface area contributed by atoms with Gasteiger partial charge in [-0.15, -0.1) is 0 Å². The highest BCUT2D eigenvalue weighted by molar-refractivity contribution is 5.94. The fourth-order valence-electron chi connectivity index (χ4n) is 2.00. The van der Waals surface area contributed by atoms with Crippen molar-refractivity contribution >= 4 is 11.6 Å². The maximum Gasteiger partial charge on any atom is 0.345 e. The van der Waals surface area contributed by atoms with Crippen LogP contribution in [0.4, 0.5) is 5.69 Å². The van der Waals surface area contributed by atoms with E-state index >= 15 is 0 Å². The number of aromatic nitrogens is 1. The number of hydrogen-bond acceptors (Lipinski definition) is 6. The maximum atomic E-state index is 11.0. The normalized spacial score (nSPS) is 16.9. The molecule has 0 aliphatic carbocycles. The zero-order valence-electron chi connectivity index (χ0n) is 9.01. The Hall–Kier alpha value is -1.96. The number of nitro groups is 1. The van der Waals surface area contributed by atoms with Crippen molar-refractivity contribution in [1.82, 2.24) is 10.5 Å². The average Bonchev–Trinajstić information content (AvgIpc) is 2.74. The molecule has 1 aliphatic heterocycles. The van der Waals surface area contributed by atoms with Crippen molar-refractivity contribution < 1.29 is 14.2 Å². The average molecular weight is 240 g/mol. The smallest absolute Gasteiger partial charge is 0.345 e. The zero-order chi connectivity index (χ0) is 12.4. The van der Waals surface area contributed by atoms with Crippen LogP contribution in [0.2, 0.25) is 0 Å². The third-order valence-corrected chi connectivity index (χ3v) is 2.83. The van der Waals surface area contributed by atoms with Crippen LogP contribution >= 0.6 is 0 Å². The number of piperidine rings is 1. The number of nitrogens with zero attached hydrogens (tertiary/aromatic N) is 2. The first kappa shape index (κ1) is 11.5. The number of amides is 1. The molecule has 8 nitrogen and oxygen atoms in total. The van der Waals surface area contributed by atoms with Gasteiger partial charge >= 0.3 is 11.4 Å². The summed E-state index contributed by atoms with van der Waals surface area (Å²) < 4.78 is 4.69. The van der Waals surface area contributed by atoms with Crippen LogP contribution in [0, 0.1) is 10.1 Å². The maximum absolute atomic E-state index is 11.0. The second-order valence-corrected chi connectivity index (χ2v) is 3.89. The molecule has 0 bridgehead atoms. The van der Waals surface area contributed by atoms with Gasteiger partial charge in [0.2, 0.25) is 0 Å². The summed E-state index contributed by atoms with van der Waals surface area (Å²) in [5.74, 6) is -1.50. The molecule has 1 fully saturated rings. The van der Waals surface area contributed by atoms with Gasteiger partial charge < -0.3 is 15.6 Å². The molecular weight excluding hydrogens is 228 g/mol. The van der Waals surface area contributed by atoms with Gasteiger partial charge in [-0.05, 0) is 25.9 Å². The molecule has 0 spiro atoms. The van der Waals surface area contributed by atoms with Gasteiger partial charge in [-0.25, -0.2) is 0 Å². The lowest BCUT2D eigenvalue weighted by Gasteiger charge is -2.19. The number of hydrogen-bond donors (Lipinski definition) is 2. The highest BCUT2D eigenvalue weighted by Crippen LogP contribution is 2.33. The predicted octanol–water partition coefficient (Wildman–Crippen LogP) is 0.149. The monoisotopic (exact) mass is 240 g/mol. The molecular formula is C9H12N4O4. The van der Waals surface area contributed by atoms with Crippen LogP contribution in [0.15, 0.2) is 4.52 Å². The molecule has 0 aromatic carbocycles. The highest BCUT2D eigenvalue weighted by atomic mass is 16.6. The summed E-state index contributed by atoms with van der Waals surface area (Å²) in [7, 11) is 0. The minimum absolute atomic E-state index is 0.0616. The van der Waals surface area contributed by atoms with E-state index < -0.39 is 16.6 Å². The van der Waals surface area contributed by atoms with Gasteiger partial charge in [0.1, 0.15) is 0 Å². The van der Waals surface area contributed by atoms with Gasteiger partial charge in [-0.3, -0.25) is 14.9 Å². The number of nitrogens with one attached hydrogen (secondary N) is 1. The minimum Gasteiger partial charge on any atom is -0.363 e. The van der Waals surface area contributed by atoms with E-state index in [1.54, 1.807) is 0 Å². The largest absolute Gasteiger partial charge is 0.363 e. The molecule has 0 radical (unpaired) electrons. The van der Waals surface area contributed by atoms with Gasteiger partial charge in [0, 0.05) is 5.92 Å². The number of rotatable bonds is 3. The lowest BCUT2D eigenvalue weighted by Crippen LogP contribution is -2.27. The molecule has 1 amide bonds. The molecule has 8 heteroatoms. The zero-order valence-corrected chi connectivity index (χ0v) is 9.01.